The Morgan fingerprint density at radius 2 is 2.08 bits per heavy atom. The summed E-state index contributed by atoms with van der Waals surface area (Å²) < 4.78 is 16.6. The van der Waals surface area contributed by atoms with Gasteiger partial charge in [-0.05, 0) is 39.3 Å². The Hall–Kier alpha value is -2.41. The maximum Gasteiger partial charge on any atom is 0.341 e. The van der Waals surface area contributed by atoms with E-state index in [1.807, 2.05) is 20.8 Å². The molecule has 2 N–H and O–H groups in total. The smallest absolute Gasteiger partial charge is 0.341 e. The number of aromatic carboxylic acids is 1. The maximum absolute atomic E-state index is 14.9. The third-order valence-corrected chi connectivity index (χ3v) is 5.39. The van der Waals surface area contributed by atoms with Gasteiger partial charge in [-0.15, -0.1) is 0 Å². The molecule has 2 fully saturated rings. The minimum Gasteiger partial charge on any atom is -0.477 e. The van der Waals surface area contributed by atoms with E-state index in [-0.39, 0.29) is 17.0 Å². The van der Waals surface area contributed by atoms with Gasteiger partial charge in [0.25, 0.3) is 0 Å². The minimum absolute atomic E-state index is 0.101. The molecule has 1 aromatic carbocycles. The van der Waals surface area contributed by atoms with Crippen molar-refractivity contribution in [3.05, 3.63) is 39.9 Å². The summed E-state index contributed by atoms with van der Waals surface area (Å²) in [7, 11) is 0. The number of hydrogen-bond donors (Lipinski definition) is 2. The lowest BCUT2D eigenvalue weighted by molar-refractivity contribution is 0.0694. The molecule has 0 aliphatic carbocycles. The summed E-state index contributed by atoms with van der Waals surface area (Å²) in [4.78, 5) is 26.1. The highest BCUT2D eigenvalue weighted by molar-refractivity contribution is 5.93. The van der Waals surface area contributed by atoms with Crippen LogP contribution in [0.5, 0.6) is 0 Å². The number of carboxylic acid groups (broad SMARTS) is 1. The van der Waals surface area contributed by atoms with Crippen LogP contribution in [0.1, 0.15) is 37.6 Å². The Morgan fingerprint density at radius 1 is 1.35 bits per heavy atom. The van der Waals surface area contributed by atoms with Crippen molar-refractivity contribution in [1.82, 2.24) is 9.88 Å². The molecule has 0 spiro atoms. The predicted octanol–water partition coefficient (Wildman–Crippen LogP) is 2.14. The van der Waals surface area contributed by atoms with Crippen molar-refractivity contribution in [2.45, 2.75) is 44.8 Å². The van der Waals surface area contributed by atoms with Gasteiger partial charge in [0.2, 0.25) is 5.43 Å². The van der Waals surface area contributed by atoms with Gasteiger partial charge in [-0.3, -0.25) is 4.79 Å². The Balaban J connectivity index is 1.99. The van der Waals surface area contributed by atoms with E-state index in [0.717, 1.165) is 19.5 Å². The molecule has 1 aromatic heterocycles. The van der Waals surface area contributed by atoms with Gasteiger partial charge in [0.15, 0.2) is 0 Å². The summed E-state index contributed by atoms with van der Waals surface area (Å²) >= 11 is 0. The summed E-state index contributed by atoms with van der Waals surface area (Å²) in [6.07, 6.45) is 2.36. The molecule has 2 aliphatic rings. The van der Waals surface area contributed by atoms with Crippen molar-refractivity contribution in [3.8, 4) is 0 Å². The standard InChI is InChI=1S/C19H22FN3O3/c1-19(2,3)23-9-13(18(25)26)17(24)12-5-14(20)16(6-15(12)23)22-8-10-4-11(22)7-21-10/h5-6,9-11,21H,4,7-8H2,1-3H3,(H,25,26)/t10-,11-/m0/s1. The second-order valence-electron chi connectivity index (χ2n) is 8.19. The first-order chi connectivity index (χ1) is 12.2. The monoisotopic (exact) mass is 359 g/mol. The van der Waals surface area contributed by atoms with Crippen LogP contribution in [0.4, 0.5) is 10.1 Å². The van der Waals surface area contributed by atoms with E-state index in [2.05, 4.69) is 10.2 Å². The number of nitrogens with one attached hydrogen (secondary N) is 1. The highest BCUT2D eigenvalue weighted by Gasteiger charge is 2.39. The lowest BCUT2D eigenvalue weighted by Gasteiger charge is -2.31. The number of aromatic nitrogens is 1. The van der Waals surface area contributed by atoms with Crippen molar-refractivity contribution in [3.63, 3.8) is 0 Å². The Labute approximate surface area is 150 Å². The van der Waals surface area contributed by atoms with E-state index in [1.54, 1.807) is 10.6 Å². The molecule has 2 aromatic rings. The topological polar surface area (TPSA) is 74.6 Å². The van der Waals surface area contributed by atoms with E-state index in [1.165, 1.54) is 12.3 Å². The molecule has 0 radical (unpaired) electrons. The summed E-state index contributed by atoms with van der Waals surface area (Å²) in [5.41, 5.74) is -0.421. The summed E-state index contributed by atoms with van der Waals surface area (Å²) in [6.45, 7) is 7.33. The van der Waals surface area contributed by atoms with Gasteiger partial charge in [0.05, 0.1) is 11.2 Å². The fourth-order valence-corrected chi connectivity index (χ4v) is 4.12. The number of hydrogen-bond acceptors (Lipinski definition) is 4. The highest BCUT2D eigenvalue weighted by Crippen LogP contribution is 2.34. The molecule has 2 aliphatic heterocycles. The van der Waals surface area contributed by atoms with Gasteiger partial charge in [-0.25, -0.2) is 9.18 Å². The van der Waals surface area contributed by atoms with Gasteiger partial charge >= 0.3 is 5.97 Å². The average Bonchev–Trinajstić information content (AvgIpc) is 3.16. The number of halogens is 1. The van der Waals surface area contributed by atoms with Crippen molar-refractivity contribution < 1.29 is 14.3 Å². The SMILES string of the molecule is CC(C)(C)n1cc(C(=O)O)c(=O)c2cc(F)c(N3C[C@@H]4C[C@H]3CN4)cc21. The number of anilines is 1. The lowest BCUT2D eigenvalue weighted by atomic mass is 10.0. The van der Waals surface area contributed by atoms with Crippen LogP contribution in [0.25, 0.3) is 10.9 Å². The number of carbonyl (C=O) groups is 1. The van der Waals surface area contributed by atoms with Crippen LogP contribution in [0.3, 0.4) is 0 Å². The number of rotatable bonds is 2. The molecule has 2 bridgehead atoms. The fraction of sp³-hybridized carbons (Fsp3) is 0.474. The van der Waals surface area contributed by atoms with Crippen LogP contribution < -0.4 is 15.6 Å². The zero-order valence-corrected chi connectivity index (χ0v) is 15.0. The minimum atomic E-state index is -1.30. The molecule has 26 heavy (non-hydrogen) atoms. The van der Waals surface area contributed by atoms with Gasteiger partial charge in [-0.2, -0.15) is 0 Å². The van der Waals surface area contributed by atoms with E-state index >= 15 is 0 Å². The van der Waals surface area contributed by atoms with Crippen molar-refractivity contribution in [2.75, 3.05) is 18.0 Å². The van der Waals surface area contributed by atoms with Crippen molar-refractivity contribution in [1.29, 1.82) is 0 Å². The van der Waals surface area contributed by atoms with Crippen LogP contribution >= 0.6 is 0 Å². The zero-order chi connectivity index (χ0) is 18.8. The molecule has 0 unspecified atom stereocenters. The third kappa shape index (κ3) is 2.49. The molecule has 7 heteroatoms. The average molecular weight is 359 g/mol. The Bertz CT molecular complexity index is 977. The van der Waals surface area contributed by atoms with Crippen molar-refractivity contribution in [2.24, 2.45) is 0 Å². The third-order valence-electron chi connectivity index (χ3n) is 5.39. The first-order valence-corrected chi connectivity index (χ1v) is 8.79. The van der Waals surface area contributed by atoms with E-state index in [0.29, 0.717) is 17.2 Å². The van der Waals surface area contributed by atoms with Crippen LogP contribution in [0.2, 0.25) is 0 Å². The van der Waals surface area contributed by atoms with Crippen LogP contribution in [0, 0.1) is 5.82 Å². The number of nitrogens with zero attached hydrogens (tertiary/aromatic N) is 2. The predicted molar refractivity (Wildman–Crippen MR) is 97.7 cm³/mol. The van der Waals surface area contributed by atoms with E-state index in [9.17, 15) is 19.1 Å². The molecule has 4 rings (SSSR count). The second-order valence-corrected chi connectivity index (χ2v) is 8.19. The van der Waals surface area contributed by atoms with Crippen LogP contribution in [-0.2, 0) is 5.54 Å². The first-order valence-electron chi connectivity index (χ1n) is 8.79. The molecular weight excluding hydrogens is 337 g/mol. The molecular formula is C19H22FN3O3. The van der Waals surface area contributed by atoms with E-state index in [4.69, 9.17) is 0 Å². The molecule has 2 atom stereocenters. The lowest BCUT2D eigenvalue weighted by Crippen LogP contribution is -2.44. The van der Waals surface area contributed by atoms with Crippen molar-refractivity contribution >= 4 is 22.6 Å². The van der Waals surface area contributed by atoms with Gasteiger partial charge < -0.3 is 19.9 Å². The Kier molecular flexibility index (Phi) is 3.63. The molecule has 6 nitrogen and oxygen atoms in total. The normalized spacial score (nSPS) is 22.4. The van der Waals surface area contributed by atoms with E-state index < -0.39 is 22.8 Å². The molecule has 2 saturated heterocycles. The largest absolute Gasteiger partial charge is 0.477 e. The van der Waals surface area contributed by atoms with Gasteiger partial charge in [0, 0.05) is 42.3 Å². The molecule has 0 saturated carbocycles. The van der Waals surface area contributed by atoms with Gasteiger partial charge in [-0.1, -0.05) is 0 Å². The maximum atomic E-state index is 14.9. The van der Waals surface area contributed by atoms with Crippen LogP contribution in [-0.4, -0.2) is 40.8 Å². The number of pyridine rings is 1. The molecule has 138 valence electrons. The summed E-state index contributed by atoms with van der Waals surface area (Å²) in [5, 5.41) is 12.9. The number of benzene rings is 1. The quantitative estimate of drug-likeness (QED) is 0.859. The summed E-state index contributed by atoms with van der Waals surface area (Å²) in [5.74, 6) is -1.78. The second kappa shape index (κ2) is 5.54. The van der Waals surface area contributed by atoms with Crippen LogP contribution in [0.15, 0.2) is 23.1 Å². The number of piperazine rings is 1. The fourth-order valence-electron chi connectivity index (χ4n) is 4.12. The molecule has 0 amide bonds. The zero-order valence-electron chi connectivity index (χ0n) is 15.0. The number of fused-ring (bicyclic) bond motifs is 3. The number of carboxylic acids is 1. The Morgan fingerprint density at radius 3 is 2.62 bits per heavy atom. The highest BCUT2D eigenvalue weighted by atomic mass is 19.1. The van der Waals surface area contributed by atoms with Gasteiger partial charge in [0.1, 0.15) is 11.4 Å². The molecule has 3 heterocycles. The first kappa shape index (κ1) is 17.0. The summed E-state index contributed by atoms with van der Waals surface area (Å²) in [6, 6.07) is 3.51.